The molecule has 0 radical (unpaired) electrons. The van der Waals surface area contributed by atoms with Gasteiger partial charge in [-0.05, 0) is 29.2 Å². The van der Waals surface area contributed by atoms with Crippen molar-refractivity contribution in [3.63, 3.8) is 0 Å². The highest BCUT2D eigenvalue weighted by Crippen LogP contribution is 2.54. The van der Waals surface area contributed by atoms with E-state index in [1.54, 1.807) is 6.92 Å². The summed E-state index contributed by atoms with van der Waals surface area (Å²) in [4.78, 5) is 27.7. The second-order valence-corrected chi connectivity index (χ2v) is 8.40. The molecule has 4 rings (SSSR count). The summed E-state index contributed by atoms with van der Waals surface area (Å²) in [5, 5.41) is 11.1. The van der Waals surface area contributed by atoms with Gasteiger partial charge in [0.25, 0.3) is 0 Å². The normalized spacial score (nSPS) is 11.4. The second kappa shape index (κ2) is 10.8. The first-order valence-corrected chi connectivity index (χ1v) is 11.7. The average Bonchev–Trinajstić information content (AvgIpc) is 2.90. The highest BCUT2D eigenvalue weighted by atomic mass is 16.5. The summed E-state index contributed by atoms with van der Waals surface area (Å²) in [7, 11) is 0. The van der Waals surface area contributed by atoms with E-state index in [0.717, 1.165) is 22.3 Å². The lowest BCUT2D eigenvalue weighted by molar-refractivity contribution is -0.171. The van der Waals surface area contributed by atoms with E-state index in [0.29, 0.717) is 0 Å². The number of benzene rings is 4. The Morgan fingerprint density at radius 3 is 1.14 bits per heavy atom. The Morgan fingerprint density at radius 1 is 0.629 bits per heavy atom. The van der Waals surface area contributed by atoms with Crippen LogP contribution in [0.15, 0.2) is 121 Å². The quantitative estimate of drug-likeness (QED) is 0.234. The zero-order chi connectivity index (χ0) is 24.7. The molecule has 176 valence electrons. The molecule has 1 N–H and O–H groups in total. The van der Waals surface area contributed by atoms with Crippen molar-refractivity contribution >= 4 is 11.9 Å². The van der Waals surface area contributed by atoms with Gasteiger partial charge in [0.2, 0.25) is 0 Å². The largest absolute Gasteiger partial charge is 0.480 e. The van der Waals surface area contributed by atoms with Crippen LogP contribution < -0.4 is 0 Å². The minimum absolute atomic E-state index is 0.0699. The topological polar surface area (TPSA) is 63.6 Å². The van der Waals surface area contributed by atoms with E-state index in [2.05, 4.69) is 0 Å². The smallest absolute Gasteiger partial charge is 0.325 e. The van der Waals surface area contributed by atoms with Gasteiger partial charge in [-0.2, -0.15) is 0 Å². The zero-order valence-corrected chi connectivity index (χ0v) is 19.6. The molecule has 0 heterocycles. The Labute approximate surface area is 205 Å². The van der Waals surface area contributed by atoms with Crippen LogP contribution >= 0.6 is 0 Å². The number of carboxylic acid groups (broad SMARTS) is 1. The zero-order valence-electron chi connectivity index (χ0n) is 19.6. The molecule has 0 aromatic heterocycles. The van der Waals surface area contributed by atoms with Crippen molar-refractivity contribution in [1.29, 1.82) is 0 Å². The van der Waals surface area contributed by atoms with Crippen molar-refractivity contribution in [2.24, 2.45) is 5.41 Å². The van der Waals surface area contributed by atoms with Crippen molar-refractivity contribution in [1.82, 2.24) is 0 Å². The van der Waals surface area contributed by atoms with Gasteiger partial charge in [-0.15, -0.1) is 0 Å². The van der Waals surface area contributed by atoms with E-state index in [1.807, 2.05) is 121 Å². The minimum atomic E-state index is -1.98. The number of aliphatic carboxylic acids is 1. The monoisotopic (exact) mass is 464 g/mol. The molecule has 0 amide bonds. The number of hydrogen-bond donors (Lipinski definition) is 1. The SMILES string of the molecule is CCOC(=O)C(C(=O)O)(C(c1ccccc1)c1ccccc1)C(c1ccccc1)c1ccccc1. The maximum atomic E-state index is 14.1. The van der Waals surface area contributed by atoms with E-state index >= 15 is 0 Å². The third kappa shape index (κ3) is 4.60. The molecule has 0 aliphatic rings. The number of carbonyl (C=O) groups is 2. The molecule has 0 bridgehead atoms. The molecule has 4 nitrogen and oxygen atoms in total. The summed E-state index contributed by atoms with van der Waals surface area (Å²) in [5.41, 5.74) is 0.926. The van der Waals surface area contributed by atoms with Crippen LogP contribution in [0.5, 0.6) is 0 Å². The van der Waals surface area contributed by atoms with Crippen LogP contribution in [-0.4, -0.2) is 23.7 Å². The van der Waals surface area contributed by atoms with Gasteiger partial charge in [-0.1, -0.05) is 121 Å². The van der Waals surface area contributed by atoms with Crippen LogP contribution in [0.3, 0.4) is 0 Å². The highest BCUT2D eigenvalue weighted by molar-refractivity contribution is 6.03. The first-order valence-electron chi connectivity index (χ1n) is 11.7. The Balaban J connectivity index is 2.13. The van der Waals surface area contributed by atoms with Crippen molar-refractivity contribution in [3.8, 4) is 0 Å². The summed E-state index contributed by atoms with van der Waals surface area (Å²) in [6.07, 6.45) is 0. The van der Waals surface area contributed by atoms with E-state index < -0.39 is 29.2 Å². The lowest BCUT2D eigenvalue weighted by Crippen LogP contribution is -2.51. The first kappa shape index (κ1) is 24.0. The lowest BCUT2D eigenvalue weighted by Gasteiger charge is -2.42. The van der Waals surface area contributed by atoms with Gasteiger partial charge in [-0.25, -0.2) is 0 Å². The number of rotatable bonds is 9. The fraction of sp³-hybridized carbons (Fsp3) is 0.161. The van der Waals surface area contributed by atoms with E-state index in [1.165, 1.54) is 0 Å². The number of ether oxygens (including phenoxy) is 1. The summed E-state index contributed by atoms with van der Waals surface area (Å²) in [5.74, 6) is -3.62. The lowest BCUT2D eigenvalue weighted by atomic mass is 9.58. The molecule has 0 aliphatic carbocycles. The average molecular weight is 465 g/mol. The van der Waals surface area contributed by atoms with Gasteiger partial charge in [0, 0.05) is 11.8 Å². The predicted octanol–water partition coefficient (Wildman–Crippen LogP) is 6.28. The number of carboxylic acids is 1. The maximum absolute atomic E-state index is 14.1. The maximum Gasteiger partial charge on any atom is 0.325 e. The summed E-state index contributed by atoms with van der Waals surface area (Å²) in [6.45, 7) is 1.77. The van der Waals surface area contributed by atoms with Crippen molar-refractivity contribution in [2.45, 2.75) is 18.8 Å². The van der Waals surface area contributed by atoms with Crippen molar-refractivity contribution in [3.05, 3.63) is 144 Å². The molecule has 4 aromatic rings. The predicted molar refractivity (Wildman–Crippen MR) is 136 cm³/mol. The fourth-order valence-electron chi connectivity index (χ4n) is 5.01. The van der Waals surface area contributed by atoms with Gasteiger partial charge >= 0.3 is 11.9 Å². The molecule has 0 saturated carbocycles. The van der Waals surface area contributed by atoms with Crippen LogP contribution in [0.25, 0.3) is 0 Å². The number of hydrogen-bond acceptors (Lipinski definition) is 3. The van der Waals surface area contributed by atoms with Crippen molar-refractivity contribution < 1.29 is 19.4 Å². The third-order valence-corrected chi connectivity index (χ3v) is 6.41. The molecular formula is C31H28O4. The van der Waals surface area contributed by atoms with Crippen LogP contribution in [0.2, 0.25) is 0 Å². The summed E-state index contributed by atoms with van der Waals surface area (Å²) < 4.78 is 5.60. The van der Waals surface area contributed by atoms with Gasteiger partial charge in [0.1, 0.15) is 0 Å². The molecule has 0 saturated heterocycles. The molecule has 35 heavy (non-hydrogen) atoms. The van der Waals surface area contributed by atoms with Crippen LogP contribution in [0.4, 0.5) is 0 Å². The van der Waals surface area contributed by atoms with Crippen LogP contribution in [0.1, 0.15) is 41.0 Å². The standard InChI is InChI=1S/C31H28O4/c1-2-35-30(34)31(29(32)33,27(23-15-7-3-8-16-23)24-17-9-4-10-18-24)28(25-19-11-5-12-20-25)26-21-13-6-14-22-26/h3-22,27-28H,2H2,1H3,(H,32,33). The van der Waals surface area contributed by atoms with E-state index in [-0.39, 0.29) is 6.61 Å². The highest BCUT2D eigenvalue weighted by Gasteiger charge is 2.61. The van der Waals surface area contributed by atoms with Gasteiger partial charge in [0.05, 0.1) is 6.61 Å². The van der Waals surface area contributed by atoms with E-state index in [9.17, 15) is 14.7 Å². The summed E-state index contributed by atoms with van der Waals surface area (Å²) in [6, 6.07) is 37.4. The Morgan fingerprint density at radius 2 is 0.914 bits per heavy atom. The Kier molecular flexibility index (Phi) is 7.41. The molecule has 0 atom stereocenters. The minimum Gasteiger partial charge on any atom is -0.480 e. The van der Waals surface area contributed by atoms with Crippen LogP contribution in [0, 0.1) is 5.41 Å². The second-order valence-electron chi connectivity index (χ2n) is 8.40. The molecule has 0 spiro atoms. The molecule has 0 unspecified atom stereocenters. The van der Waals surface area contributed by atoms with Gasteiger partial charge in [-0.3, -0.25) is 9.59 Å². The Hall–Kier alpha value is -4.18. The molecule has 4 aromatic carbocycles. The molecule has 0 fully saturated rings. The van der Waals surface area contributed by atoms with Crippen LogP contribution in [-0.2, 0) is 14.3 Å². The summed E-state index contributed by atoms with van der Waals surface area (Å²) >= 11 is 0. The molecule has 4 heteroatoms. The Bertz CT molecular complexity index is 1080. The number of esters is 1. The molecular weight excluding hydrogens is 436 g/mol. The van der Waals surface area contributed by atoms with E-state index in [4.69, 9.17) is 4.74 Å². The van der Waals surface area contributed by atoms with Gasteiger partial charge < -0.3 is 9.84 Å². The fourth-order valence-corrected chi connectivity index (χ4v) is 5.01. The molecule has 0 aliphatic heterocycles. The number of carbonyl (C=O) groups excluding carboxylic acids is 1. The first-order chi connectivity index (χ1) is 17.1. The third-order valence-electron chi connectivity index (χ3n) is 6.41. The van der Waals surface area contributed by atoms with Crippen molar-refractivity contribution in [2.75, 3.05) is 6.61 Å². The van der Waals surface area contributed by atoms with Gasteiger partial charge in [0.15, 0.2) is 5.41 Å².